The highest BCUT2D eigenvalue weighted by molar-refractivity contribution is 6.03. The van der Waals surface area contributed by atoms with E-state index in [1.54, 1.807) is 0 Å². The van der Waals surface area contributed by atoms with E-state index in [1.165, 1.54) is 11.9 Å². The fourth-order valence-electron chi connectivity index (χ4n) is 0.923. The van der Waals surface area contributed by atoms with E-state index in [0.29, 0.717) is 6.29 Å². The summed E-state index contributed by atoms with van der Waals surface area (Å²) in [4.78, 5) is 34.1. The van der Waals surface area contributed by atoms with Crippen molar-refractivity contribution < 1.29 is 14.4 Å². The standard InChI is InChI=1S/C6H8N2O3/c1-7-4-5(10)8(2-3-9)6(7)11/h3H,2,4H2,1H3. The first kappa shape index (κ1) is 7.71. The second-order valence-corrected chi connectivity index (χ2v) is 2.31. The number of hydrogen-bond acceptors (Lipinski definition) is 3. The van der Waals surface area contributed by atoms with Gasteiger partial charge in [-0.3, -0.25) is 9.69 Å². The molecule has 1 heterocycles. The van der Waals surface area contributed by atoms with Gasteiger partial charge in [-0.1, -0.05) is 0 Å². The maximum Gasteiger partial charge on any atom is 0.327 e. The van der Waals surface area contributed by atoms with E-state index in [-0.39, 0.29) is 19.0 Å². The normalized spacial score (nSPS) is 17.9. The number of rotatable bonds is 2. The lowest BCUT2D eigenvalue weighted by atomic mass is 10.5. The molecular weight excluding hydrogens is 148 g/mol. The number of likely N-dealkylation sites (N-methyl/N-ethyl adjacent to an activating group) is 1. The van der Waals surface area contributed by atoms with Gasteiger partial charge >= 0.3 is 6.03 Å². The molecule has 0 saturated carbocycles. The minimum Gasteiger partial charge on any atom is -0.318 e. The molecule has 0 aromatic carbocycles. The molecule has 1 fully saturated rings. The first-order chi connectivity index (χ1) is 5.16. The lowest BCUT2D eigenvalue weighted by molar-refractivity contribution is -0.127. The summed E-state index contributed by atoms with van der Waals surface area (Å²) in [6.07, 6.45) is 0.537. The van der Waals surface area contributed by atoms with Crippen molar-refractivity contribution in [3.05, 3.63) is 0 Å². The maximum atomic E-state index is 11.0. The van der Waals surface area contributed by atoms with Crippen molar-refractivity contribution in [2.75, 3.05) is 20.1 Å². The number of amides is 3. The van der Waals surface area contributed by atoms with Gasteiger partial charge in [0.05, 0.1) is 6.54 Å². The van der Waals surface area contributed by atoms with Crippen LogP contribution in [0.1, 0.15) is 0 Å². The smallest absolute Gasteiger partial charge is 0.318 e. The molecular formula is C6H8N2O3. The molecule has 60 valence electrons. The number of carbonyl (C=O) groups is 3. The zero-order chi connectivity index (χ0) is 8.43. The topological polar surface area (TPSA) is 57.7 Å². The Bertz CT molecular complexity index is 214. The van der Waals surface area contributed by atoms with Crippen LogP contribution in [-0.4, -0.2) is 48.2 Å². The summed E-state index contributed by atoms with van der Waals surface area (Å²) < 4.78 is 0. The second kappa shape index (κ2) is 2.69. The summed E-state index contributed by atoms with van der Waals surface area (Å²) in [6, 6.07) is -0.401. The molecule has 11 heavy (non-hydrogen) atoms. The van der Waals surface area contributed by atoms with Gasteiger partial charge in [-0.25, -0.2) is 4.79 Å². The predicted octanol–water partition coefficient (Wildman–Crippen LogP) is -0.921. The van der Waals surface area contributed by atoms with Gasteiger partial charge in [0.15, 0.2) is 0 Å². The minimum atomic E-state index is -0.401. The fraction of sp³-hybridized carbons (Fsp3) is 0.500. The van der Waals surface area contributed by atoms with Gasteiger partial charge in [-0.05, 0) is 0 Å². The summed E-state index contributed by atoms with van der Waals surface area (Å²) in [5, 5.41) is 0. The van der Waals surface area contributed by atoms with E-state index in [0.717, 1.165) is 4.90 Å². The zero-order valence-electron chi connectivity index (χ0n) is 6.11. The monoisotopic (exact) mass is 156 g/mol. The largest absolute Gasteiger partial charge is 0.327 e. The summed E-state index contributed by atoms with van der Waals surface area (Å²) in [7, 11) is 1.52. The zero-order valence-corrected chi connectivity index (χ0v) is 6.11. The summed E-state index contributed by atoms with van der Waals surface area (Å²) in [6.45, 7) is -0.0608. The number of hydrogen-bond donors (Lipinski definition) is 0. The maximum absolute atomic E-state index is 11.0. The van der Waals surface area contributed by atoms with Crippen molar-refractivity contribution in [2.24, 2.45) is 0 Å². The Morgan fingerprint density at radius 3 is 2.55 bits per heavy atom. The van der Waals surface area contributed by atoms with Gasteiger partial charge in [0, 0.05) is 7.05 Å². The molecule has 0 atom stereocenters. The first-order valence-electron chi connectivity index (χ1n) is 3.16. The van der Waals surface area contributed by atoms with E-state index in [9.17, 15) is 14.4 Å². The van der Waals surface area contributed by atoms with Crippen molar-refractivity contribution in [3.63, 3.8) is 0 Å². The van der Waals surface area contributed by atoms with Crippen LogP contribution in [0.25, 0.3) is 0 Å². The molecule has 0 aliphatic carbocycles. The van der Waals surface area contributed by atoms with Crippen molar-refractivity contribution in [1.82, 2.24) is 9.80 Å². The Labute approximate surface area is 63.6 Å². The van der Waals surface area contributed by atoms with E-state index in [2.05, 4.69) is 0 Å². The summed E-state index contributed by atoms with van der Waals surface area (Å²) in [5.74, 6) is -0.315. The summed E-state index contributed by atoms with van der Waals surface area (Å²) >= 11 is 0. The van der Waals surface area contributed by atoms with Crippen LogP contribution >= 0.6 is 0 Å². The molecule has 3 amide bonds. The van der Waals surface area contributed by atoms with Crippen LogP contribution in [0.5, 0.6) is 0 Å². The lowest BCUT2D eigenvalue weighted by Gasteiger charge is -2.09. The molecule has 5 heteroatoms. The molecule has 0 spiro atoms. The van der Waals surface area contributed by atoms with Crippen LogP contribution in [-0.2, 0) is 9.59 Å². The van der Waals surface area contributed by atoms with Crippen molar-refractivity contribution >= 4 is 18.2 Å². The molecule has 1 aliphatic rings. The van der Waals surface area contributed by atoms with Gasteiger partial charge in [0.2, 0.25) is 0 Å². The van der Waals surface area contributed by atoms with Crippen LogP contribution in [0.2, 0.25) is 0 Å². The van der Waals surface area contributed by atoms with E-state index in [1.807, 2.05) is 0 Å². The Morgan fingerprint density at radius 2 is 2.18 bits per heavy atom. The van der Waals surface area contributed by atoms with Gasteiger partial charge in [-0.15, -0.1) is 0 Å². The van der Waals surface area contributed by atoms with Crippen LogP contribution < -0.4 is 0 Å². The van der Waals surface area contributed by atoms with Crippen LogP contribution in [0.4, 0.5) is 4.79 Å². The van der Waals surface area contributed by atoms with Gasteiger partial charge in [0.25, 0.3) is 5.91 Å². The number of imide groups is 1. The number of nitrogens with zero attached hydrogens (tertiary/aromatic N) is 2. The quantitative estimate of drug-likeness (QED) is 0.383. The van der Waals surface area contributed by atoms with E-state index >= 15 is 0 Å². The predicted molar refractivity (Wildman–Crippen MR) is 35.8 cm³/mol. The molecule has 0 aromatic heterocycles. The first-order valence-corrected chi connectivity index (χ1v) is 3.16. The van der Waals surface area contributed by atoms with E-state index in [4.69, 9.17) is 0 Å². The van der Waals surface area contributed by atoms with Crippen molar-refractivity contribution in [3.8, 4) is 0 Å². The lowest BCUT2D eigenvalue weighted by Crippen LogP contribution is -2.32. The van der Waals surface area contributed by atoms with Crippen molar-refractivity contribution in [1.29, 1.82) is 0 Å². The fourth-order valence-corrected chi connectivity index (χ4v) is 0.923. The number of urea groups is 1. The highest BCUT2D eigenvalue weighted by Gasteiger charge is 2.32. The average molecular weight is 156 g/mol. The third-order valence-electron chi connectivity index (χ3n) is 1.49. The SMILES string of the molecule is CN1CC(=O)N(CC=O)C1=O. The highest BCUT2D eigenvalue weighted by Crippen LogP contribution is 2.05. The molecule has 1 aliphatic heterocycles. The summed E-state index contributed by atoms with van der Waals surface area (Å²) in [5.41, 5.74) is 0. The molecule has 5 nitrogen and oxygen atoms in total. The van der Waals surface area contributed by atoms with Gasteiger partial charge in [-0.2, -0.15) is 0 Å². The molecule has 0 aromatic rings. The molecule has 0 unspecified atom stereocenters. The Balaban J connectivity index is 2.71. The molecule has 0 radical (unpaired) electrons. The highest BCUT2D eigenvalue weighted by atomic mass is 16.2. The number of carbonyl (C=O) groups excluding carboxylic acids is 3. The molecule has 1 rings (SSSR count). The third-order valence-corrected chi connectivity index (χ3v) is 1.49. The number of aldehydes is 1. The van der Waals surface area contributed by atoms with Crippen LogP contribution in [0.3, 0.4) is 0 Å². The minimum absolute atomic E-state index is 0.0761. The van der Waals surface area contributed by atoms with Gasteiger partial charge < -0.3 is 9.69 Å². The van der Waals surface area contributed by atoms with Gasteiger partial charge in [0.1, 0.15) is 12.8 Å². The Hall–Kier alpha value is -1.39. The van der Waals surface area contributed by atoms with Crippen LogP contribution in [0, 0.1) is 0 Å². The van der Waals surface area contributed by atoms with Crippen LogP contribution in [0.15, 0.2) is 0 Å². The Kier molecular flexibility index (Phi) is 1.89. The molecule has 0 N–H and O–H groups in total. The second-order valence-electron chi connectivity index (χ2n) is 2.31. The molecule has 1 saturated heterocycles. The molecule has 0 bridgehead atoms. The average Bonchev–Trinajstić information content (AvgIpc) is 2.17. The third kappa shape index (κ3) is 1.21. The van der Waals surface area contributed by atoms with E-state index < -0.39 is 6.03 Å². The Morgan fingerprint density at radius 1 is 1.55 bits per heavy atom. The van der Waals surface area contributed by atoms with Crippen molar-refractivity contribution in [2.45, 2.75) is 0 Å².